The van der Waals surface area contributed by atoms with Gasteiger partial charge in [-0.25, -0.2) is 9.37 Å². The third kappa shape index (κ3) is 2.69. The van der Waals surface area contributed by atoms with E-state index in [2.05, 4.69) is 31.1 Å². The van der Waals surface area contributed by atoms with Gasteiger partial charge in [-0.2, -0.15) is 0 Å². The van der Waals surface area contributed by atoms with Gasteiger partial charge in [-0.1, -0.05) is 20.8 Å². The first-order chi connectivity index (χ1) is 6.65. The zero-order chi connectivity index (χ0) is 10.6. The first kappa shape index (κ1) is 11.0. The predicted molar refractivity (Wildman–Crippen MR) is 56.7 cm³/mol. The van der Waals surface area contributed by atoms with E-state index in [4.69, 9.17) is 0 Å². The highest BCUT2D eigenvalue weighted by Gasteiger charge is 2.12. The van der Waals surface area contributed by atoms with Crippen LogP contribution < -0.4 is 5.32 Å². The van der Waals surface area contributed by atoms with Crippen molar-refractivity contribution in [3.05, 3.63) is 24.1 Å². The SMILES string of the molecule is CCC(Nc1ncccc1F)C(C)C. The number of rotatable bonds is 4. The predicted octanol–water partition coefficient (Wildman–Crippen LogP) is 3.07. The molecule has 0 saturated carbocycles. The van der Waals surface area contributed by atoms with Crippen molar-refractivity contribution in [2.75, 3.05) is 5.32 Å². The van der Waals surface area contributed by atoms with E-state index in [1.165, 1.54) is 6.07 Å². The van der Waals surface area contributed by atoms with Crippen LogP contribution in [-0.4, -0.2) is 11.0 Å². The van der Waals surface area contributed by atoms with E-state index in [-0.39, 0.29) is 11.9 Å². The molecule has 1 N–H and O–H groups in total. The van der Waals surface area contributed by atoms with Gasteiger partial charge in [-0.15, -0.1) is 0 Å². The minimum absolute atomic E-state index is 0.277. The smallest absolute Gasteiger partial charge is 0.165 e. The minimum Gasteiger partial charge on any atom is -0.365 e. The lowest BCUT2D eigenvalue weighted by Crippen LogP contribution is -2.25. The number of nitrogens with one attached hydrogen (secondary N) is 1. The largest absolute Gasteiger partial charge is 0.365 e. The lowest BCUT2D eigenvalue weighted by atomic mass is 10.0. The molecule has 14 heavy (non-hydrogen) atoms. The maximum atomic E-state index is 13.2. The standard InChI is InChI=1S/C11H17FN2/c1-4-10(8(2)3)14-11-9(12)6-5-7-13-11/h5-8,10H,4H2,1-3H3,(H,13,14). The van der Waals surface area contributed by atoms with Gasteiger partial charge in [0.2, 0.25) is 0 Å². The van der Waals surface area contributed by atoms with E-state index in [0.29, 0.717) is 11.7 Å². The molecule has 0 aliphatic rings. The summed E-state index contributed by atoms with van der Waals surface area (Å²) in [5, 5.41) is 3.11. The number of hydrogen-bond acceptors (Lipinski definition) is 2. The fourth-order valence-electron chi connectivity index (χ4n) is 1.41. The second kappa shape index (κ2) is 4.94. The van der Waals surface area contributed by atoms with Gasteiger partial charge in [0.25, 0.3) is 0 Å². The van der Waals surface area contributed by atoms with Crippen molar-refractivity contribution in [2.24, 2.45) is 5.92 Å². The van der Waals surface area contributed by atoms with Gasteiger partial charge < -0.3 is 5.32 Å². The molecule has 1 rings (SSSR count). The molecule has 1 unspecified atom stereocenters. The maximum Gasteiger partial charge on any atom is 0.165 e. The van der Waals surface area contributed by atoms with E-state index < -0.39 is 0 Å². The molecule has 0 aliphatic carbocycles. The molecule has 1 aromatic rings. The Balaban J connectivity index is 2.72. The lowest BCUT2D eigenvalue weighted by molar-refractivity contribution is 0.504. The summed E-state index contributed by atoms with van der Waals surface area (Å²) in [6.07, 6.45) is 2.56. The number of aromatic nitrogens is 1. The number of halogens is 1. The van der Waals surface area contributed by atoms with Crippen LogP contribution in [0, 0.1) is 11.7 Å². The number of hydrogen-bond donors (Lipinski definition) is 1. The van der Waals surface area contributed by atoms with Gasteiger partial charge in [-0.05, 0) is 24.5 Å². The molecule has 0 saturated heterocycles. The summed E-state index contributed by atoms with van der Waals surface area (Å²) in [7, 11) is 0. The third-order valence-electron chi connectivity index (χ3n) is 2.33. The Bertz CT molecular complexity index is 286. The summed E-state index contributed by atoms with van der Waals surface area (Å²) in [6, 6.07) is 3.29. The molecule has 0 aliphatic heterocycles. The molecule has 1 heterocycles. The van der Waals surface area contributed by atoms with Crippen molar-refractivity contribution in [3.63, 3.8) is 0 Å². The summed E-state index contributed by atoms with van der Waals surface area (Å²) in [6.45, 7) is 6.31. The summed E-state index contributed by atoms with van der Waals surface area (Å²) >= 11 is 0. The van der Waals surface area contributed by atoms with Crippen molar-refractivity contribution in [3.8, 4) is 0 Å². The van der Waals surface area contributed by atoms with Crippen molar-refractivity contribution in [1.29, 1.82) is 0 Å². The van der Waals surface area contributed by atoms with Gasteiger partial charge in [0, 0.05) is 12.2 Å². The highest BCUT2D eigenvalue weighted by molar-refractivity contribution is 5.36. The lowest BCUT2D eigenvalue weighted by Gasteiger charge is -2.21. The number of pyridine rings is 1. The van der Waals surface area contributed by atoms with E-state index in [0.717, 1.165) is 6.42 Å². The maximum absolute atomic E-state index is 13.2. The summed E-state index contributed by atoms with van der Waals surface area (Å²) in [4.78, 5) is 3.96. The van der Waals surface area contributed by atoms with Crippen LogP contribution in [-0.2, 0) is 0 Å². The fraction of sp³-hybridized carbons (Fsp3) is 0.545. The molecule has 78 valence electrons. The first-order valence-electron chi connectivity index (χ1n) is 5.02. The zero-order valence-electron chi connectivity index (χ0n) is 8.92. The summed E-state index contributed by atoms with van der Waals surface area (Å²) < 4.78 is 13.2. The van der Waals surface area contributed by atoms with Crippen molar-refractivity contribution in [2.45, 2.75) is 33.2 Å². The van der Waals surface area contributed by atoms with Crippen molar-refractivity contribution in [1.82, 2.24) is 4.98 Å². The van der Waals surface area contributed by atoms with Crippen molar-refractivity contribution < 1.29 is 4.39 Å². The van der Waals surface area contributed by atoms with Crippen LogP contribution in [0.25, 0.3) is 0 Å². The van der Waals surface area contributed by atoms with E-state index >= 15 is 0 Å². The fourth-order valence-corrected chi connectivity index (χ4v) is 1.41. The van der Waals surface area contributed by atoms with Crippen LogP contribution in [0.4, 0.5) is 10.2 Å². The normalized spacial score (nSPS) is 12.9. The Morgan fingerprint density at radius 2 is 2.21 bits per heavy atom. The van der Waals surface area contributed by atoms with Crippen LogP contribution in [0.5, 0.6) is 0 Å². The molecule has 0 fully saturated rings. The van der Waals surface area contributed by atoms with Crippen LogP contribution in [0.1, 0.15) is 27.2 Å². The average Bonchev–Trinajstić information content (AvgIpc) is 2.16. The van der Waals surface area contributed by atoms with Crippen molar-refractivity contribution >= 4 is 5.82 Å². The third-order valence-corrected chi connectivity index (χ3v) is 2.33. The zero-order valence-corrected chi connectivity index (χ0v) is 8.92. The molecular weight excluding hydrogens is 179 g/mol. The van der Waals surface area contributed by atoms with Gasteiger partial charge in [0.15, 0.2) is 11.6 Å². The summed E-state index contributed by atoms with van der Waals surface area (Å²) in [5.41, 5.74) is 0. The van der Waals surface area contributed by atoms with Crippen LogP contribution in [0.15, 0.2) is 18.3 Å². The Labute approximate surface area is 84.6 Å². The first-order valence-corrected chi connectivity index (χ1v) is 5.02. The monoisotopic (exact) mass is 196 g/mol. The van der Waals surface area contributed by atoms with Gasteiger partial charge in [0.1, 0.15) is 0 Å². The molecule has 3 heteroatoms. The minimum atomic E-state index is -0.286. The van der Waals surface area contributed by atoms with Gasteiger partial charge in [-0.3, -0.25) is 0 Å². The Hall–Kier alpha value is -1.12. The second-order valence-corrected chi connectivity index (χ2v) is 3.74. The Morgan fingerprint density at radius 1 is 1.50 bits per heavy atom. The van der Waals surface area contributed by atoms with Gasteiger partial charge in [0.05, 0.1) is 0 Å². The van der Waals surface area contributed by atoms with E-state index in [9.17, 15) is 4.39 Å². The number of anilines is 1. The Kier molecular flexibility index (Phi) is 3.86. The second-order valence-electron chi connectivity index (χ2n) is 3.74. The molecule has 0 aromatic carbocycles. The van der Waals surface area contributed by atoms with Crippen LogP contribution in [0.2, 0.25) is 0 Å². The van der Waals surface area contributed by atoms with E-state index in [1.54, 1.807) is 12.3 Å². The molecule has 1 aromatic heterocycles. The molecule has 0 bridgehead atoms. The highest BCUT2D eigenvalue weighted by Crippen LogP contribution is 2.15. The average molecular weight is 196 g/mol. The van der Waals surface area contributed by atoms with Crippen LogP contribution in [0.3, 0.4) is 0 Å². The molecule has 0 amide bonds. The molecule has 1 atom stereocenters. The quantitative estimate of drug-likeness (QED) is 0.800. The van der Waals surface area contributed by atoms with E-state index in [1.807, 2.05) is 0 Å². The highest BCUT2D eigenvalue weighted by atomic mass is 19.1. The van der Waals surface area contributed by atoms with Crippen LogP contribution >= 0.6 is 0 Å². The molecule has 0 spiro atoms. The Morgan fingerprint density at radius 3 is 2.71 bits per heavy atom. The molecular formula is C11H17FN2. The number of nitrogens with zero attached hydrogens (tertiary/aromatic N) is 1. The topological polar surface area (TPSA) is 24.9 Å². The molecule has 2 nitrogen and oxygen atoms in total. The van der Waals surface area contributed by atoms with Gasteiger partial charge >= 0.3 is 0 Å². The summed E-state index contributed by atoms with van der Waals surface area (Å²) in [5.74, 6) is 0.543. The molecule has 0 radical (unpaired) electrons.